The topological polar surface area (TPSA) is 42.2 Å². The van der Waals surface area contributed by atoms with Gasteiger partial charge in [-0.05, 0) is 41.0 Å². The van der Waals surface area contributed by atoms with Gasteiger partial charge in [-0.25, -0.2) is 9.18 Å². The molecule has 0 aliphatic carbocycles. The molecule has 5 heteroatoms. The van der Waals surface area contributed by atoms with Crippen LogP contribution in [0.5, 0.6) is 0 Å². The summed E-state index contributed by atoms with van der Waals surface area (Å²) < 4.78 is 16.3. The standard InChI is InChI=1S/C18H26FNO2Si/c1-11(2)23(12(3)4,13(5)6)20-10-9-14-16(20)8-7-15(19)17(14)18(21)22/h7-13H,1-6H3,(H,21,22). The highest BCUT2D eigenvalue weighted by Gasteiger charge is 2.45. The molecule has 0 saturated carbocycles. The first-order valence-corrected chi connectivity index (χ1v) is 10.4. The lowest BCUT2D eigenvalue weighted by Crippen LogP contribution is -2.51. The Morgan fingerprint density at radius 1 is 1.04 bits per heavy atom. The zero-order chi connectivity index (χ0) is 17.5. The number of aromatic nitrogens is 1. The summed E-state index contributed by atoms with van der Waals surface area (Å²) in [5, 5.41) is 9.86. The van der Waals surface area contributed by atoms with E-state index in [1.807, 2.05) is 6.20 Å². The molecule has 0 aliphatic rings. The average Bonchev–Trinajstić information content (AvgIpc) is 2.81. The van der Waals surface area contributed by atoms with Gasteiger partial charge >= 0.3 is 5.97 Å². The number of carboxylic acids is 1. The number of carboxylic acid groups (broad SMARTS) is 1. The molecule has 3 nitrogen and oxygen atoms in total. The van der Waals surface area contributed by atoms with Gasteiger partial charge in [0.25, 0.3) is 0 Å². The summed E-state index contributed by atoms with van der Waals surface area (Å²) in [7, 11) is -1.99. The molecule has 2 rings (SSSR count). The molecular weight excluding hydrogens is 309 g/mol. The van der Waals surface area contributed by atoms with E-state index < -0.39 is 20.0 Å². The molecule has 2 aromatic rings. The molecule has 0 fully saturated rings. The summed E-state index contributed by atoms with van der Waals surface area (Å²) in [6, 6.07) is 4.77. The fourth-order valence-electron chi connectivity index (χ4n) is 4.58. The quantitative estimate of drug-likeness (QED) is 0.733. The van der Waals surface area contributed by atoms with Crippen molar-refractivity contribution >= 4 is 25.1 Å². The SMILES string of the molecule is CC(C)[Si](C(C)C)(C(C)C)n1ccc2c(C(=O)O)c(F)ccc21. The highest BCUT2D eigenvalue weighted by atomic mass is 28.3. The third-order valence-corrected chi connectivity index (χ3v) is 12.0. The van der Waals surface area contributed by atoms with Crippen molar-refractivity contribution in [2.45, 2.75) is 58.2 Å². The molecule has 1 aromatic heterocycles. The van der Waals surface area contributed by atoms with Gasteiger partial charge in [0.05, 0.1) is 0 Å². The van der Waals surface area contributed by atoms with Crippen LogP contribution in [-0.4, -0.2) is 23.5 Å². The Bertz CT molecular complexity index is 712. The molecule has 0 radical (unpaired) electrons. The predicted octanol–water partition coefficient (Wildman–Crippen LogP) is 5.50. The van der Waals surface area contributed by atoms with Crippen LogP contribution in [-0.2, 0) is 0 Å². The van der Waals surface area contributed by atoms with E-state index in [0.29, 0.717) is 22.0 Å². The van der Waals surface area contributed by atoms with Crippen LogP contribution in [0.1, 0.15) is 51.9 Å². The summed E-state index contributed by atoms with van der Waals surface area (Å²) in [4.78, 5) is 11.5. The molecule has 0 bridgehead atoms. The lowest BCUT2D eigenvalue weighted by atomic mass is 10.1. The maximum atomic E-state index is 14.0. The minimum absolute atomic E-state index is 0.222. The molecule has 0 aliphatic heterocycles. The summed E-state index contributed by atoms with van der Waals surface area (Å²) >= 11 is 0. The van der Waals surface area contributed by atoms with Crippen LogP contribution in [0.25, 0.3) is 10.9 Å². The summed E-state index contributed by atoms with van der Waals surface area (Å²) in [5.41, 5.74) is 2.07. The number of benzene rings is 1. The highest BCUT2D eigenvalue weighted by molar-refractivity contribution is 6.82. The molecule has 0 unspecified atom stereocenters. The zero-order valence-electron chi connectivity index (χ0n) is 14.7. The number of rotatable bonds is 5. The largest absolute Gasteiger partial charge is 0.478 e. The monoisotopic (exact) mass is 335 g/mol. The van der Waals surface area contributed by atoms with Gasteiger partial charge in [-0.1, -0.05) is 41.5 Å². The van der Waals surface area contributed by atoms with Crippen molar-refractivity contribution in [3.8, 4) is 0 Å². The third-order valence-electron chi connectivity index (χ3n) is 5.23. The minimum atomic E-state index is -1.99. The van der Waals surface area contributed by atoms with E-state index in [0.717, 1.165) is 5.52 Å². The maximum Gasteiger partial charge on any atom is 0.339 e. The summed E-state index contributed by atoms with van der Waals surface area (Å²) in [5.74, 6) is -1.88. The zero-order valence-corrected chi connectivity index (χ0v) is 15.7. The van der Waals surface area contributed by atoms with Gasteiger partial charge in [-0.3, -0.25) is 0 Å². The first-order chi connectivity index (χ1) is 10.7. The lowest BCUT2D eigenvalue weighted by Gasteiger charge is -2.44. The van der Waals surface area contributed by atoms with Crippen LogP contribution in [0.3, 0.4) is 0 Å². The third kappa shape index (κ3) is 2.51. The molecule has 1 heterocycles. The number of fused-ring (bicyclic) bond motifs is 1. The van der Waals surface area contributed by atoms with Crippen LogP contribution in [0.4, 0.5) is 4.39 Å². The Morgan fingerprint density at radius 2 is 1.57 bits per heavy atom. The van der Waals surface area contributed by atoms with Gasteiger partial charge in [0, 0.05) is 10.9 Å². The van der Waals surface area contributed by atoms with E-state index in [4.69, 9.17) is 0 Å². The van der Waals surface area contributed by atoms with Crippen molar-refractivity contribution in [2.75, 3.05) is 0 Å². The van der Waals surface area contributed by atoms with Crippen molar-refractivity contribution < 1.29 is 14.3 Å². The number of aromatic carboxylic acids is 1. The lowest BCUT2D eigenvalue weighted by molar-refractivity contribution is 0.0694. The highest BCUT2D eigenvalue weighted by Crippen LogP contribution is 2.44. The Kier molecular flexibility index (Phi) is 4.71. The molecule has 1 aromatic carbocycles. The van der Waals surface area contributed by atoms with Gasteiger partial charge < -0.3 is 9.34 Å². The predicted molar refractivity (Wildman–Crippen MR) is 95.3 cm³/mol. The van der Waals surface area contributed by atoms with E-state index >= 15 is 0 Å². The number of halogens is 1. The van der Waals surface area contributed by atoms with E-state index in [9.17, 15) is 14.3 Å². The maximum absolute atomic E-state index is 14.0. The smallest absolute Gasteiger partial charge is 0.339 e. The number of hydrogen-bond donors (Lipinski definition) is 1. The molecule has 1 N–H and O–H groups in total. The number of hydrogen-bond acceptors (Lipinski definition) is 1. The first kappa shape index (κ1) is 17.7. The molecule has 0 amide bonds. The van der Waals surface area contributed by atoms with E-state index in [1.165, 1.54) is 6.07 Å². The van der Waals surface area contributed by atoms with Crippen molar-refractivity contribution in [3.05, 3.63) is 35.8 Å². The van der Waals surface area contributed by atoms with Crippen molar-refractivity contribution in [1.82, 2.24) is 4.23 Å². The Morgan fingerprint density at radius 3 is 2.00 bits per heavy atom. The Hall–Kier alpha value is -1.62. The summed E-state index contributed by atoms with van der Waals surface area (Å²) in [6.45, 7) is 13.5. The summed E-state index contributed by atoms with van der Waals surface area (Å²) in [6.07, 6.45) is 1.97. The fourth-order valence-corrected chi connectivity index (χ4v) is 11.2. The van der Waals surface area contributed by atoms with Crippen LogP contribution < -0.4 is 0 Å². The Balaban J connectivity index is 2.87. The van der Waals surface area contributed by atoms with Crippen LogP contribution in [0, 0.1) is 5.82 Å². The van der Waals surface area contributed by atoms with E-state index in [1.54, 1.807) is 12.1 Å². The average molecular weight is 335 g/mol. The van der Waals surface area contributed by atoms with Gasteiger partial charge in [0.1, 0.15) is 11.4 Å². The molecule has 23 heavy (non-hydrogen) atoms. The fraction of sp³-hybridized carbons (Fsp3) is 0.500. The van der Waals surface area contributed by atoms with Gasteiger partial charge in [-0.15, -0.1) is 0 Å². The first-order valence-electron chi connectivity index (χ1n) is 8.18. The molecule has 0 spiro atoms. The van der Waals surface area contributed by atoms with Crippen molar-refractivity contribution in [1.29, 1.82) is 0 Å². The number of carbonyl (C=O) groups is 1. The Labute approximate surface area is 138 Å². The van der Waals surface area contributed by atoms with Gasteiger partial charge in [0.15, 0.2) is 8.24 Å². The van der Waals surface area contributed by atoms with Crippen LogP contribution >= 0.6 is 0 Å². The van der Waals surface area contributed by atoms with Crippen LogP contribution in [0.15, 0.2) is 24.4 Å². The molecular formula is C18H26FNO2Si. The number of nitrogens with zero attached hydrogens (tertiary/aromatic N) is 1. The molecule has 0 atom stereocenters. The van der Waals surface area contributed by atoms with E-state index in [2.05, 4.69) is 45.8 Å². The second-order valence-corrected chi connectivity index (χ2v) is 12.9. The molecule has 126 valence electrons. The van der Waals surface area contributed by atoms with Crippen molar-refractivity contribution in [2.24, 2.45) is 0 Å². The van der Waals surface area contributed by atoms with Gasteiger partial charge in [-0.2, -0.15) is 0 Å². The van der Waals surface area contributed by atoms with Crippen molar-refractivity contribution in [3.63, 3.8) is 0 Å². The second-order valence-electron chi connectivity index (χ2n) is 7.20. The van der Waals surface area contributed by atoms with Gasteiger partial charge in [0.2, 0.25) is 0 Å². The minimum Gasteiger partial charge on any atom is -0.478 e. The van der Waals surface area contributed by atoms with Crippen LogP contribution in [0.2, 0.25) is 16.6 Å². The normalized spacial score (nSPS) is 12.8. The molecule has 0 saturated heterocycles. The van der Waals surface area contributed by atoms with E-state index in [-0.39, 0.29) is 5.56 Å². The second kappa shape index (κ2) is 6.11.